The lowest BCUT2D eigenvalue weighted by molar-refractivity contribution is 0.104. The summed E-state index contributed by atoms with van der Waals surface area (Å²) in [6.45, 7) is 3.96. The summed E-state index contributed by atoms with van der Waals surface area (Å²) in [6, 6.07) is 11.3. The Balaban J connectivity index is 2.26. The molecule has 0 aromatic heterocycles. The molecular weight excluding hydrogens is 276 g/mol. The molecule has 0 radical (unpaired) electrons. The molecule has 3 heteroatoms. The largest absolute Gasteiger partial charge is 0.497 e. The fourth-order valence-electron chi connectivity index (χ4n) is 2.30. The zero-order valence-corrected chi connectivity index (χ0v) is 13.3. The number of hydrogen-bond acceptors (Lipinski definition) is 3. The highest BCUT2D eigenvalue weighted by Crippen LogP contribution is 2.25. The predicted octanol–water partition coefficient (Wildman–Crippen LogP) is 4.22. The highest BCUT2D eigenvalue weighted by Gasteiger charge is 2.07. The Morgan fingerprint density at radius 1 is 1.00 bits per heavy atom. The van der Waals surface area contributed by atoms with Gasteiger partial charge < -0.3 is 9.47 Å². The second kappa shape index (κ2) is 6.94. The van der Waals surface area contributed by atoms with Crippen molar-refractivity contribution in [2.24, 2.45) is 0 Å². The molecule has 2 aromatic carbocycles. The Morgan fingerprint density at radius 3 is 2.41 bits per heavy atom. The molecule has 0 unspecified atom stereocenters. The Kier molecular flexibility index (Phi) is 4.99. The van der Waals surface area contributed by atoms with E-state index in [0.717, 1.165) is 22.4 Å². The lowest BCUT2D eigenvalue weighted by Crippen LogP contribution is -1.98. The minimum Gasteiger partial charge on any atom is -0.497 e. The van der Waals surface area contributed by atoms with Crippen molar-refractivity contribution < 1.29 is 14.3 Å². The maximum absolute atomic E-state index is 12.3. The van der Waals surface area contributed by atoms with Gasteiger partial charge >= 0.3 is 0 Å². The van der Waals surface area contributed by atoms with Gasteiger partial charge in [0.15, 0.2) is 5.78 Å². The van der Waals surface area contributed by atoms with Gasteiger partial charge in [-0.25, -0.2) is 0 Å². The minimum atomic E-state index is -0.0182. The molecule has 2 aromatic rings. The summed E-state index contributed by atoms with van der Waals surface area (Å²) >= 11 is 0. The summed E-state index contributed by atoms with van der Waals surface area (Å²) in [7, 11) is 3.20. The van der Waals surface area contributed by atoms with Crippen molar-refractivity contribution in [1.29, 1.82) is 0 Å². The van der Waals surface area contributed by atoms with Gasteiger partial charge in [-0.05, 0) is 43.7 Å². The Bertz CT molecular complexity index is 715. The second-order valence-electron chi connectivity index (χ2n) is 5.12. The van der Waals surface area contributed by atoms with E-state index in [1.807, 2.05) is 44.2 Å². The maximum Gasteiger partial charge on any atom is 0.186 e. The maximum atomic E-state index is 12.3. The molecule has 0 bridgehead atoms. The first-order valence-corrected chi connectivity index (χ1v) is 7.07. The molecule has 22 heavy (non-hydrogen) atoms. The van der Waals surface area contributed by atoms with Gasteiger partial charge in [0.25, 0.3) is 0 Å². The Hall–Kier alpha value is -2.55. The molecule has 0 saturated carbocycles. The summed E-state index contributed by atoms with van der Waals surface area (Å²) in [5, 5.41) is 0. The van der Waals surface area contributed by atoms with E-state index < -0.39 is 0 Å². The van der Waals surface area contributed by atoms with E-state index >= 15 is 0 Å². The summed E-state index contributed by atoms with van der Waals surface area (Å²) in [5.41, 5.74) is 3.68. The smallest absolute Gasteiger partial charge is 0.186 e. The molecule has 3 nitrogen and oxygen atoms in total. The normalized spacial score (nSPS) is 10.7. The van der Waals surface area contributed by atoms with Crippen LogP contribution in [0, 0.1) is 13.8 Å². The molecule has 0 aliphatic carbocycles. The standard InChI is InChI=1S/C19H20O3/c1-13-5-9-17(14(2)11-13)18(20)10-7-15-6-8-16(21-3)12-19(15)22-4/h5-12H,1-4H3/b10-7+. The quantitative estimate of drug-likeness (QED) is 0.612. The molecule has 0 atom stereocenters. The Labute approximate surface area is 131 Å². The van der Waals surface area contributed by atoms with Crippen LogP contribution in [-0.2, 0) is 0 Å². The van der Waals surface area contributed by atoms with Crippen LogP contribution in [0.1, 0.15) is 27.0 Å². The van der Waals surface area contributed by atoms with Crippen LogP contribution in [0.3, 0.4) is 0 Å². The zero-order valence-electron chi connectivity index (χ0n) is 13.3. The third-order valence-corrected chi connectivity index (χ3v) is 3.50. The van der Waals surface area contributed by atoms with Gasteiger partial charge in [0.1, 0.15) is 11.5 Å². The topological polar surface area (TPSA) is 35.5 Å². The van der Waals surface area contributed by atoms with E-state index in [4.69, 9.17) is 9.47 Å². The molecule has 0 amide bonds. The molecule has 0 heterocycles. The number of allylic oxidation sites excluding steroid dienone is 1. The van der Waals surface area contributed by atoms with Gasteiger partial charge in [-0.3, -0.25) is 4.79 Å². The number of hydrogen-bond donors (Lipinski definition) is 0. The number of aryl methyl sites for hydroxylation is 2. The second-order valence-corrected chi connectivity index (χ2v) is 5.12. The van der Waals surface area contributed by atoms with Crippen molar-refractivity contribution >= 4 is 11.9 Å². The van der Waals surface area contributed by atoms with Crippen molar-refractivity contribution in [2.75, 3.05) is 14.2 Å². The number of carbonyl (C=O) groups excluding carboxylic acids is 1. The van der Waals surface area contributed by atoms with E-state index in [2.05, 4.69) is 0 Å². The van der Waals surface area contributed by atoms with E-state index in [-0.39, 0.29) is 5.78 Å². The molecule has 0 N–H and O–H groups in total. The van der Waals surface area contributed by atoms with Crippen LogP contribution >= 0.6 is 0 Å². The Morgan fingerprint density at radius 2 is 1.77 bits per heavy atom. The summed E-state index contributed by atoms with van der Waals surface area (Å²) < 4.78 is 10.5. The van der Waals surface area contributed by atoms with Gasteiger partial charge in [0.2, 0.25) is 0 Å². The predicted molar refractivity (Wildman–Crippen MR) is 88.8 cm³/mol. The summed E-state index contributed by atoms with van der Waals surface area (Å²) in [4.78, 5) is 12.3. The highest BCUT2D eigenvalue weighted by atomic mass is 16.5. The lowest BCUT2D eigenvalue weighted by atomic mass is 10.0. The van der Waals surface area contributed by atoms with Crippen LogP contribution in [0.25, 0.3) is 6.08 Å². The van der Waals surface area contributed by atoms with Crippen molar-refractivity contribution in [1.82, 2.24) is 0 Å². The molecule has 2 rings (SSSR count). The van der Waals surface area contributed by atoms with Crippen molar-refractivity contribution in [3.8, 4) is 11.5 Å². The summed E-state index contributed by atoms with van der Waals surface area (Å²) in [6.07, 6.45) is 3.34. The van der Waals surface area contributed by atoms with Gasteiger partial charge in [0, 0.05) is 17.2 Å². The van der Waals surface area contributed by atoms with E-state index in [1.54, 1.807) is 32.4 Å². The number of ketones is 1. The lowest BCUT2D eigenvalue weighted by Gasteiger charge is -2.07. The number of methoxy groups -OCH3 is 2. The monoisotopic (exact) mass is 296 g/mol. The average Bonchev–Trinajstić information content (AvgIpc) is 2.52. The van der Waals surface area contributed by atoms with Crippen molar-refractivity contribution in [3.63, 3.8) is 0 Å². The molecule has 0 spiro atoms. The van der Waals surface area contributed by atoms with Gasteiger partial charge in [-0.2, -0.15) is 0 Å². The van der Waals surface area contributed by atoms with Crippen LogP contribution in [0.5, 0.6) is 11.5 Å². The molecule has 0 saturated heterocycles. The van der Waals surface area contributed by atoms with Crippen molar-refractivity contribution in [3.05, 3.63) is 64.7 Å². The van der Waals surface area contributed by atoms with Gasteiger partial charge in [-0.1, -0.05) is 23.8 Å². The van der Waals surface area contributed by atoms with Crippen LogP contribution in [0.2, 0.25) is 0 Å². The first kappa shape index (κ1) is 15.8. The van der Waals surface area contributed by atoms with E-state index in [0.29, 0.717) is 11.3 Å². The van der Waals surface area contributed by atoms with Crippen LogP contribution in [-0.4, -0.2) is 20.0 Å². The van der Waals surface area contributed by atoms with Crippen LogP contribution in [0.4, 0.5) is 0 Å². The number of benzene rings is 2. The number of ether oxygens (including phenoxy) is 2. The van der Waals surface area contributed by atoms with Crippen LogP contribution in [0.15, 0.2) is 42.5 Å². The SMILES string of the molecule is COc1ccc(/C=C/C(=O)c2ccc(C)cc2C)c(OC)c1. The minimum absolute atomic E-state index is 0.0182. The number of rotatable bonds is 5. The highest BCUT2D eigenvalue weighted by molar-refractivity contribution is 6.07. The zero-order chi connectivity index (χ0) is 16.1. The van der Waals surface area contributed by atoms with Gasteiger partial charge in [-0.15, -0.1) is 0 Å². The van der Waals surface area contributed by atoms with E-state index in [1.165, 1.54) is 0 Å². The third-order valence-electron chi connectivity index (χ3n) is 3.50. The molecular formula is C19H20O3. The molecule has 0 fully saturated rings. The fourth-order valence-corrected chi connectivity index (χ4v) is 2.30. The average molecular weight is 296 g/mol. The first-order valence-electron chi connectivity index (χ1n) is 7.07. The van der Waals surface area contributed by atoms with Gasteiger partial charge in [0.05, 0.1) is 14.2 Å². The first-order chi connectivity index (χ1) is 10.5. The van der Waals surface area contributed by atoms with E-state index in [9.17, 15) is 4.79 Å². The third kappa shape index (κ3) is 3.55. The molecule has 0 aliphatic heterocycles. The summed E-state index contributed by atoms with van der Waals surface area (Å²) in [5.74, 6) is 1.37. The molecule has 0 aliphatic rings. The van der Waals surface area contributed by atoms with Crippen LogP contribution < -0.4 is 9.47 Å². The van der Waals surface area contributed by atoms with Crippen molar-refractivity contribution in [2.45, 2.75) is 13.8 Å². The number of carbonyl (C=O) groups is 1. The fraction of sp³-hybridized carbons (Fsp3) is 0.211. The molecule has 114 valence electrons.